The van der Waals surface area contributed by atoms with Crippen LogP contribution >= 0.6 is 0 Å². The molecule has 0 heterocycles. The molecule has 0 aliphatic heterocycles. The van der Waals surface area contributed by atoms with E-state index in [1.165, 1.54) is 24.0 Å². The first-order valence-electron chi connectivity index (χ1n) is 11.4. The molecular formula is C28H36O3. The zero-order valence-electron chi connectivity index (χ0n) is 19.1. The van der Waals surface area contributed by atoms with E-state index >= 15 is 0 Å². The van der Waals surface area contributed by atoms with Gasteiger partial charge in [-0.05, 0) is 74.3 Å². The Morgan fingerprint density at radius 1 is 0.839 bits per heavy atom. The van der Waals surface area contributed by atoms with Crippen LogP contribution in [0.15, 0.2) is 60.7 Å². The smallest absolute Gasteiger partial charge is 0.333 e. The predicted octanol–water partition coefficient (Wildman–Crippen LogP) is 7.26. The summed E-state index contributed by atoms with van der Waals surface area (Å²) in [5, 5.41) is 0. The Hall–Kier alpha value is -2.81. The fraction of sp³-hybridized carbons (Fsp3) is 0.393. The lowest BCUT2D eigenvalue weighted by molar-refractivity contribution is -0.139. The zero-order chi connectivity index (χ0) is 22.3. The summed E-state index contributed by atoms with van der Waals surface area (Å²) in [5.41, 5.74) is 4.24. The third-order valence-corrected chi connectivity index (χ3v) is 5.04. The van der Waals surface area contributed by atoms with Crippen LogP contribution < -0.4 is 4.74 Å². The minimum absolute atomic E-state index is 0.304. The molecule has 2 rings (SSSR count). The second-order valence-electron chi connectivity index (χ2n) is 7.93. The van der Waals surface area contributed by atoms with Gasteiger partial charge in [0.15, 0.2) is 0 Å². The second kappa shape index (κ2) is 14.2. The summed E-state index contributed by atoms with van der Waals surface area (Å²) in [7, 11) is 0. The van der Waals surface area contributed by atoms with Crippen LogP contribution in [0.4, 0.5) is 0 Å². The Bertz CT molecular complexity index is 816. The summed E-state index contributed by atoms with van der Waals surface area (Å²) in [6.07, 6.45) is 11.9. The topological polar surface area (TPSA) is 35.5 Å². The van der Waals surface area contributed by atoms with E-state index in [1.54, 1.807) is 6.92 Å². The molecule has 31 heavy (non-hydrogen) atoms. The number of hydrogen-bond donors (Lipinski definition) is 0. The van der Waals surface area contributed by atoms with Gasteiger partial charge in [-0.15, -0.1) is 0 Å². The largest absolute Gasteiger partial charge is 0.494 e. The molecule has 0 spiro atoms. The maximum absolute atomic E-state index is 11.3. The lowest BCUT2D eigenvalue weighted by atomic mass is 10.1. The molecule has 2 aromatic carbocycles. The van der Waals surface area contributed by atoms with Gasteiger partial charge in [-0.1, -0.05) is 68.5 Å². The standard InChI is InChI=1S/C28H36O3/c1-4-5-10-24-11-13-25(14-12-24)15-16-26-17-19-27(20-18-26)30-21-8-6-7-9-22-31-28(29)23(2)3/h11-20H,2,4-10,21-22H2,1,3H3/b16-15+. The monoisotopic (exact) mass is 420 g/mol. The SMILES string of the molecule is C=C(C)C(=O)OCCCCCCOc1ccc(/C=C/c2ccc(CCCC)cc2)cc1. The molecule has 0 N–H and O–H groups in total. The number of hydrogen-bond acceptors (Lipinski definition) is 3. The van der Waals surface area contributed by atoms with Crippen molar-refractivity contribution in [2.24, 2.45) is 0 Å². The second-order valence-corrected chi connectivity index (χ2v) is 7.93. The quantitative estimate of drug-likeness (QED) is 0.140. The van der Waals surface area contributed by atoms with E-state index in [9.17, 15) is 4.79 Å². The number of aryl methyl sites for hydroxylation is 1. The minimum atomic E-state index is -0.304. The van der Waals surface area contributed by atoms with E-state index in [0.717, 1.165) is 43.4 Å². The number of ether oxygens (including phenoxy) is 2. The Morgan fingerprint density at radius 2 is 1.42 bits per heavy atom. The van der Waals surface area contributed by atoms with E-state index in [4.69, 9.17) is 9.47 Å². The third-order valence-electron chi connectivity index (χ3n) is 5.04. The molecule has 0 saturated carbocycles. The number of carbonyl (C=O) groups excluding carboxylic acids is 1. The Morgan fingerprint density at radius 3 is 2.00 bits per heavy atom. The van der Waals surface area contributed by atoms with Crippen molar-refractivity contribution in [2.45, 2.75) is 58.8 Å². The van der Waals surface area contributed by atoms with Gasteiger partial charge in [0.25, 0.3) is 0 Å². The molecule has 3 heteroatoms. The summed E-state index contributed by atoms with van der Waals surface area (Å²) in [6, 6.07) is 17.0. The minimum Gasteiger partial charge on any atom is -0.494 e. The number of esters is 1. The van der Waals surface area contributed by atoms with Gasteiger partial charge in [0.05, 0.1) is 13.2 Å². The first-order chi connectivity index (χ1) is 15.1. The normalized spacial score (nSPS) is 10.9. The van der Waals surface area contributed by atoms with Gasteiger partial charge in [0, 0.05) is 5.57 Å². The number of carbonyl (C=O) groups is 1. The third kappa shape index (κ3) is 10.2. The predicted molar refractivity (Wildman–Crippen MR) is 130 cm³/mol. The highest BCUT2D eigenvalue weighted by molar-refractivity contribution is 5.86. The average Bonchev–Trinajstić information content (AvgIpc) is 2.79. The van der Waals surface area contributed by atoms with E-state index < -0.39 is 0 Å². The molecule has 2 aromatic rings. The average molecular weight is 421 g/mol. The van der Waals surface area contributed by atoms with Gasteiger partial charge in [-0.3, -0.25) is 0 Å². The molecule has 0 amide bonds. The highest BCUT2D eigenvalue weighted by Gasteiger charge is 2.02. The summed E-state index contributed by atoms with van der Waals surface area (Å²) in [6.45, 7) is 8.62. The summed E-state index contributed by atoms with van der Waals surface area (Å²) < 4.78 is 10.9. The molecule has 0 atom stereocenters. The Balaban J connectivity index is 1.62. The van der Waals surface area contributed by atoms with Crippen molar-refractivity contribution < 1.29 is 14.3 Å². The maximum atomic E-state index is 11.3. The molecule has 0 bridgehead atoms. The molecule has 0 aliphatic carbocycles. The fourth-order valence-electron chi connectivity index (χ4n) is 3.08. The van der Waals surface area contributed by atoms with Crippen molar-refractivity contribution in [3.05, 3.63) is 77.4 Å². The van der Waals surface area contributed by atoms with Crippen molar-refractivity contribution in [1.29, 1.82) is 0 Å². The van der Waals surface area contributed by atoms with Gasteiger partial charge < -0.3 is 9.47 Å². The fourth-order valence-corrected chi connectivity index (χ4v) is 3.08. The van der Waals surface area contributed by atoms with Crippen LogP contribution in [-0.4, -0.2) is 19.2 Å². The summed E-state index contributed by atoms with van der Waals surface area (Å²) in [4.78, 5) is 11.3. The maximum Gasteiger partial charge on any atom is 0.333 e. The number of rotatable bonds is 14. The van der Waals surface area contributed by atoms with Crippen LogP contribution in [0, 0.1) is 0 Å². The lowest BCUT2D eigenvalue weighted by Gasteiger charge is -2.07. The van der Waals surface area contributed by atoms with Crippen LogP contribution in [0.2, 0.25) is 0 Å². The van der Waals surface area contributed by atoms with Gasteiger partial charge in [-0.25, -0.2) is 4.79 Å². The molecule has 166 valence electrons. The van der Waals surface area contributed by atoms with Gasteiger partial charge >= 0.3 is 5.97 Å². The van der Waals surface area contributed by atoms with Crippen molar-refractivity contribution in [3.8, 4) is 5.75 Å². The van der Waals surface area contributed by atoms with Gasteiger partial charge in [0.1, 0.15) is 5.75 Å². The molecule has 0 aromatic heterocycles. The van der Waals surface area contributed by atoms with Crippen molar-refractivity contribution in [3.63, 3.8) is 0 Å². The number of unbranched alkanes of at least 4 members (excludes halogenated alkanes) is 4. The van der Waals surface area contributed by atoms with E-state index in [2.05, 4.69) is 62.1 Å². The lowest BCUT2D eigenvalue weighted by Crippen LogP contribution is -2.06. The molecular weight excluding hydrogens is 384 g/mol. The van der Waals surface area contributed by atoms with Crippen molar-refractivity contribution in [2.75, 3.05) is 13.2 Å². The van der Waals surface area contributed by atoms with Crippen LogP contribution in [0.5, 0.6) is 5.75 Å². The van der Waals surface area contributed by atoms with Gasteiger partial charge in [-0.2, -0.15) is 0 Å². The first kappa shape index (κ1) is 24.5. The Kier molecular flexibility index (Phi) is 11.2. The Labute approximate surface area is 187 Å². The van der Waals surface area contributed by atoms with Crippen molar-refractivity contribution in [1.82, 2.24) is 0 Å². The number of benzene rings is 2. The molecule has 0 aliphatic rings. The molecule has 0 fully saturated rings. The van der Waals surface area contributed by atoms with E-state index in [1.807, 2.05) is 12.1 Å². The molecule has 3 nitrogen and oxygen atoms in total. The zero-order valence-corrected chi connectivity index (χ0v) is 19.1. The summed E-state index contributed by atoms with van der Waals surface area (Å²) in [5.74, 6) is 0.592. The van der Waals surface area contributed by atoms with E-state index in [0.29, 0.717) is 18.8 Å². The highest BCUT2D eigenvalue weighted by Crippen LogP contribution is 2.16. The van der Waals surface area contributed by atoms with Gasteiger partial charge in [0.2, 0.25) is 0 Å². The molecule has 0 radical (unpaired) electrons. The first-order valence-corrected chi connectivity index (χ1v) is 11.4. The van der Waals surface area contributed by atoms with E-state index in [-0.39, 0.29) is 5.97 Å². The van der Waals surface area contributed by atoms with Crippen LogP contribution in [-0.2, 0) is 16.0 Å². The van der Waals surface area contributed by atoms with Crippen LogP contribution in [0.1, 0.15) is 69.1 Å². The molecule has 0 unspecified atom stereocenters. The van der Waals surface area contributed by atoms with Crippen molar-refractivity contribution >= 4 is 18.1 Å². The van der Waals surface area contributed by atoms with Crippen LogP contribution in [0.3, 0.4) is 0 Å². The molecule has 0 saturated heterocycles. The van der Waals surface area contributed by atoms with Crippen LogP contribution in [0.25, 0.3) is 12.2 Å². The highest BCUT2D eigenvalue weighted by atomic mass is 16.5. The summed E-state index contributed by atoms with van der Waals surface area (Å²) >= 11 is 0.